The van der Waals surface area contributed by atoms with Crippen molar-refractivity contribution < 1.29 is 19.0 Å². The molecule has 1 unspecified atom stereocenters. The zero-order valence-electron chi connectivity index (χ0n) is 16.0. The summed E-state index contributed by atoms with van der Waals surface area (Å²) in [6, 6.07) is 14.0. The van der Waals surface area contributed by atoms with Crippen LogP contribution in [0, 0.1) is 5.41 Å². The fraction of sp³-hybridized carbons (Fsp3) is 0.409. The quantitative estimate of drug-likeness (QED) is 0.816. The topological polar surface area (TPSA) is 51.2 Å². The predicted octanol–water partition coefficient (Wildman–Crippen LogP) is 3.05. The van der Waals surface area contributed by atoms with E-state index in [0.29, 0.717) is 6.42 Å². The summed E-state index contributed by atoms with van der Waals surface area (Å²) in [7, 11) is 1.68. The highest BCUT2D eigenvalue weighted by Crippen LogP contribution is 2.44. The van der Waals surface area contributed by atoms with Crippen molar-refractivity contribution in [3.05, 3.63) is 48.0 Å². The molecule has 0 bridgehead atoms. The number of hydrogen-bond acceptors (Lipinski definition) is 5. The first-order valence-corrected chi connectivity index (χ1v) is 9.69. The molecule has 2 fully saturated rings. The van der Waals surface area contributed by atoms with Crippen molar-refractivity contribution in [2.75, 3.05) is 38.4 Å². The van der Waals surface area contributed by atoms with Crippen molar-refractivity contribution in [1.29, 1.82) is 0 Å². The van der Waals surface area contributed by atoms with Gasteiger partial charge >= 0.3 is 0 Å². The van der Waals surface area contributed by atoms with Crippen LogP contribution in [0.15, 0.2) is 42.5 Å². The maximum Gasteiger partial charge on any atom is 0.231 e. The van der Waals surface area contributed by atoms with Gasteiger partial charge in [0.15, 0.2) is 11.5 Å². The third-order valence-corrected chi connectivity index (χ3v) is 6.07. The van der Waals surface area contributed by atoms with Crippen LogP contribution in [-0.2, 0) is 11.3 Å². The van der Waals surface area contributed by atoms with Crippen LogP contribution in [0.4, 0.5) is 5.69 Å². The van der Waals surface area contributed by atoms with Gasteiger partial charge in [0, 0.05) is 43.2 Å². The average molecular weight is 380 g/mol. The van der Waals surface area contributed by atoms with E-state index in [2.05, 4.69) is 17.0 Å². The number of benzene rings is 2. The molecule has 1 amide bonds. The van der Waals surface area contributed by atoms with Crippen molar-refractivity contribution in [3.8, 4) is 17.2 Å². The van der Waals surface area contributed by atoms with E-state index in [4.69, 9.17) is 14.2 Å². The normalized spacial score (nSPS) is 23.8. The summed E-state index contributed by atoms with van der Waals surface area (Å²) in [5.74, 6) is 2.54. The summed E-state index contributed by atoms with van der Waals surface area (Å²) >= 11 is 0. The Morgan fingerprint density at radius 2 is 1.89 bits per heavy atom. The van der Waals surface area contributed by atoms with Crippen molar-refractivity contribution in [2.45, 2.75) is 19.4 Å². The first kappa shape index (κ1) is 17.4. The second-order valence-electron chi connectivity index (χ2n) is 8.00. The summed E-state index contributed by atoms with van der Waals surface area (Å²) < 4.78 is 16.1. The number of methoxy groups -OCH3 is 1. The van der Waals surface area contributed by atoms with Gasteiger partial charge in [0.1, 0.15) is 5.75 Å². The summed E-state index contributed by atoms with van der Waals surface area (Å²) in [5, 5.41) is 0. The van der Waals surface area contributed by atoms with Gasteiger partial charge in [-0.25, -0.2) is 0 Å². The maximum absolute atomic E-state index is 12.8. The molecule has 0 aromatic heterocycles. The Labute approximate surface area is 164 Å². The number of nitrogens with zero attached hydrogens (tertiary/aromatic N) is 2. The number of fused-ring (bicyclic) bond motifs is 1. The van der Waals surface area contributed by atoms with Gasteiger partial charge in [0.25, 0.3) is 0 Å². The van der Waals surface area contributed by atoms with Gasteiger partial charge in [-0.05, 0) is 42.8 Å². The second kappa shape index (κ2) is 6.71. The highest BCUT2D eigenvalue weighted by molar-refractivity contribution is 5.96. The smallest absolute Gasteiger partial charge is 0.231 e. The molecule has 1 spiro atoms. The van der Waals surface area contributed by atoms with E-state index in [1.54, 1.807) is 7.11 Å². The molecule has 2 saturated heterocycles. The van der Waals surface area contributed by atoms with Gasteiger partial charge in [0.05, 0.1) is 7.11 Å². The Morgan fingerprint density at radius 3 is 2.71 bits per heavy atom. The van der Waals surface area contributed by atoms with Crippen LogP contribution in [0.2, 0.25) is 0 Å². The molecule has 3 heterocycles. The predicted molar refractivity (Wildman–Crippen MR) is 105 cm³/mol. The lowest BCUT2D eigenvalue weighted by Crippen LogP contribution is -2.31. The monoisotopic (exact) mass is 380 g/mol. The fourth-order valence-corrected chi connectivity index (χ4v) is 4.61. The highest BCUT2D eigenvalue weighted by Gasteiger charge is 2.47. The van der Waals surface area contributed by atoms with Gasteiger partial charge in [-0.3, -0.25) is 9.69 Å². The van der Waals surface area contributed by atoms with E-state index in [0.717, 1.165) is 55.5 Å². The molecule has 2 aromatic carbocycles. The minimum Gasteiger partial charge on any atom is -0.497 e. The van der Waals surface area contributed by atoms with Gasteiger partial charge in [-0.15, -0.1) is 0 Å². The first-order chi connectivity index (χ1) is 13.6. The van der Waals surface area contributed by atoms with Gasteiger partial charge in [0.2, 0.25) is 12.7 Å². The van der Waals surface area contributed by atoms with Crippen molar-refractivity contribution in [3.63, 3.8) is 0 Å². The van der Waals surface area contributed by atoms with Crippen LogP contribution >= 0.6 is 0 Å². The van der Waals surface area contributed by atoms with Gasteiger partial charge in [-0.1, -0.05) is 12.1 Å². The molecule has 5 rings (SSSR count). The molecule has 28 heavy (non-hydrogen) atoms. The van der Waals surface area contributed by atoms with Crippen molar-refractivity contribution >= 4 is 11.6 Å². The summed E-state index contributed by atoms with van der Waals surface area (Å²) in [6.45, 7) is 3.89. The van der Waals surface area contributed by atoms with Gasteiger partial charge < -0.3 is 19.1 Å². The molecular weight excluding hydrogens is 356 g/mol. The van der Waals surface area contributed by atoms with Crippen molar-refractivity contribution in [2.24, 2.45) is 5.41 Å². The molecule has 6 heteroatoms. The largest absolute Gasteiger partial charge is 0.497 e. The molecule has 0 N–H and O–H groups in total. The SMILES string of the molecule is COc1ccc(CN2CCC3(CC(=O)N(c4ccc5c(c4)OCO5)C3)C2)cc1. The third-order valence-electron chi connectivity index (χ3n) is 6.07. The number of carbonyl (C=O) groups excluding carboxylic acids is 1. The van der Waals surface area contributed by atoms with E-state index >= 15 is 0 Å². The Kier molecular flexibility index (Phi) is 4.16. The number of rotatable bonds is 4. The number of carbonyl (C=O) groups is 1. The van der Waals surface area contributed by atoms with E-state index in [1.165, 1.54) is 5.56 Å². The van der Waals surface area contributed by atoms with E-state index in [1.807, 2.05) is 35.2 Å². The van der Waals surface area contributed by atoms with Crippen LogP contribution in [0.5, 0.6) is 17.2 Å². The van der Waals surface area contributed by atoms with E-state index in [9.17, 15) is 4.79 Å². The molecule has 3 aliphatic rings. The lowest BCUT2D eigenvalue weighted by atomic mass is 9.86. The molecule has 2 aromatic rings. The van der Waals surface area contributed by atoms with E-state index in [-0.39, 0.29) is 18.1 Å². The Hall–Kier alpha value is -2.73. The highest BCUT2D eigenvalue weighted by atomic mass is 16.7. The first-order valence-electron chi connectivity index (χ1n) is 9.69. The molecule has 1 atom stereocenters. The molecule has 0 saturated carbocycles. The second-order valence-corrected chi connectivity index (χ2v) is 8.00. The summed E-state index contributed by atoms with van der Waals surface area (Å²) in [6.07, 6.45) is 1.66. The average Bonchev–Trinajstić information content (AvgIpc) is 3.41. The maximum atomic E-state index is 12.8. The third kappa shape index (κ3) is 3.07. The minimum absolute atomic E-state index is 0.0416. The van der Waals surface area contributed by atoms with Crippen LogP contribution in [-0.4, -0.2) is 44.3 Å². The molecule has 6 nitrogen and oxygen atoms in total. The van der Waals surface area contributed by atoms with Crippen LogP contribution < -0.4 is 19.1 Å². The number of hydrogen-bond donors (Lipinski definition) is 0. The molecular formula is C22H24N2O4. The molecule has 0 radical (unpaired) electrons. The van der Waals surface area contributed by atoms with Gasteiger partial charge in [-0.2, -0.15) is 0 Å². The van der Waals surface area contributed by atoms with Crippen LogP contribution in [0.3, 0.4) is 0 Å². The van der Waals surface area contributed by atoms with Crippen LogP contribution in [0.25, 0.3) is 0 Å². The van der Waals surface area contributed by atoms with Crippen LogP contribution in [0.1, 0.15) is 18.4 Å². The molecule has 0 aliphatic carbocycles. The number of ether oxygens (including phenoxy) is 3. The molecule has 3 aliphatic heterocycles. The summed E-state index contributed by atoms with van der Waals surface area (Å²) in [5.41, 5.74) is 2.22. The zero-order valence-corrected chi connectivity index (χ0v) is 16.0. The Morgan fingerprint density at radius 1 is 1.07 bits per heavy atom. The fourth-order valence-electron chi connectivity index (χ4n) is 4.61. The standard InChI is InChI=1S/C22H24N2O4/c1-26-18-5-2-16(3-6-18)12-23-9-8-22(13-23)11-21(25)24(14-22)17-4-7-19-20(10-17)28-15-27-19/h2-7,10H,8-9,11-15H2,1H3. The number of amides is 1. The number of anilines is 1. The lowest BCUT2D eigenvalue weighted by Gasteiger charge is -2.24. The van der Waals surface area contributed by atoms with Crippen molar-refractivity contribution in [1.82, 2.24) is 4.90 Å². The Bertz CT molecular complexity index is 898. The lowest BCUT2D eigenvalue weighted by molar-refractivity contribution is -0.117. The molecule has 146 valence electrons. The zero-order chi connectivity index (χ0) is 19.1. The minimum atomic E-state index is 0.0416. The summed E-state index contributed by atoms with van der Waals surface area (Å²) in [4.78, 5) is 17.2. The number of likely N-dealkylation sites (tertiary alicyclic amines) is 1. The van der Waals surface area contributed by atoms with E-state index < -0.39 is 0 Å². The Balaban J connectivity index is 1.27.